The lowest BCUT2D eigenvalue weighted by molar-refractivity contribution is -0.113. The second-order valence-corrected chi connectivity index (χ2v) is 4.97. The van der Waals surface area contributed by atoms with Crippen LogP contribution in [0.3, 0.4) is 0 Å². The van der Waals surface area contributed by atoms with E-state index >= 15 is 0 Å². The number of benzene rings is 2. The molecule has 1 unspecified atom stereocenters. The largest absolute Gasteiger partial charge is 0.281 e. The quantitative estimate of drug-likeness (QED) is 0.764. The summed E-state index contributed by atoms with van der Waals surface area (Å²) in [4.78, 5) is 11.6. The van der Waals surface area contributed by atoms with Crippen molar-refractivity contribution < 1.29 is 9.18 Å². The van der Waals surface area contributed by atoms with E-state index < -0.39 is 11.2 Å². The van der Waals surface area contributed by atoms with Crippen LogP contribution in [0.25, 0.3) is 0 Å². The molecule has 0 saturated heterocycles. The van der Waals surface area contributed by atoms with E-state index in [0.717, 1.165) is 16.7 Å². The zero-order chi connectivity index (χ0) is 13.8. The zero-order valence-electron chi connectivity index (χ0n) is 10.6. The summed E-state index contributed by atoms with van der Waals surface area (Å²) in [7, 11) is 0. The SMILES string of the molecule is Cc1cccc(C(Cc2ccc(F)cc2)C(=O)Cl)c1. The molecule has 0 fully saturated rings. The van der Waals surface area contributed by atoms with Gasteiger partial charge in [0.2, 0.25) is 5.24 Å². The highest BCUT2D eigenvalue weighted by Crippen LogP contribution is 2.24. The Morgan fingerprint density at radius 3 is 2.47 bits per heavy atom. The first-order chi connectivity index (χ1) is 9.06. The van der Waals surface area contributed by atoms with Gasteiger partial charge in [-0.25, -0.2) is 4.39 Å². The average Bonchev–Trinajstić information content (AvgIpc) is 2.37. The molecule has 0 aliphatic carbocycles. The molecule has 3 heteroatoms. The summed E-state index contributed by atoms with van der Waals surface area (Å²) in [6, 6.07) is 13.9. The van der Waals surface area contributed by atoms with E-state index in [1.807, 2.05) is 31.2 Å². The maximum atomic E-state index is 12.9. The fourth-order valence-corrected chi connectivity index (χ4v) is 2.28. The lowest BCUT2D eigenvalue weighted by Crippen LogP contribution is -2.10. The molecule has 0 saturated carbocycles. The third-order valence-corrected chi connectivity index (χ3v) is 3.33. The highest BCUT2D eigenvalue weighted by atomic mass is 35.5. The summed E-state index contributed by atoms with van der Waals surface area (Å²) in [5.74, 6) is -0.680. The summed E-state index contributed by atoms with van der Waals surface area (Å²) in [6.45, 7) is 1.97. The van der Waals surface area contributed by atoms with Gasteiger partial charge in [0.05, 0.1) is 5.92 Å². The Balaban J connectivity index is 2.26. The number of rotatable bonds is 4. The second-order valence-electron chi connectivity index (χ2n) is 4.60. The summed E-state index contributed by atoms with van der Waals surface area (Å²) in [6.07, 6.45) is 0.478. The zero-order valence-corrected chi connectivity index (χ0v) is 11.3. The molecule has 98 valence electrons. The summed E-state index contributed by atoms with van der Waals surface area (Å²) in [5, 5.41) is -0.394. The van der Waals surface area contributed by atoms with Crippen LogP contribution in [-0.4, -0.2) is 5.24 Å². The molecule has 2 aromatic carbocycles. The van der Waals surface area contributed by atoms with Gasteiger partial charge in [-0.3, -0.25) is 4.79 Å². The molecule has 2 aromatic rings. The van der Waals surface area contributed by atoms with Crippen LogP contribution < -0.4 is 0 Å². The average molecular weight is 277 g/mol. The van der Waals surface area contributed by atoms with Crippen molar-refractivity contribution >= 4 is 16.8 Å². The van der Waals surface area contributed by atoms with Crippen molar-refractivity contribution in [2.75, 3.05) is 0 Å². The number of carbonyl (C=O) groups is 1. The maximum absolute atomic E-state index is 12.9. The van der Waals surface area contributed by atoms with Crippen molar-refractivity contribution in [3.05, 3.63) is 71.0 Å². The maximum Gasteiger partial charge on any atom is 0.229 e. The van der Waals surface area contributed by atoms with Crippen molar-refractivity contribution in [2.24, 2.45) is 0 Å². The van der Waals surface area contributed by atoms with Gasteiger partial charge in [0, 0.05) is 0 Å². The van der Waals surface area contributed by atoms with Crippen LogP contribution in [0.2, 0.25) is 0 Å². The van der Waals surface area contributed by atoms with E-state index in [9.17, 15) is 9.18 Å². The first kappa shape index (κ1) is 13.8. The Hall–Kier alpha value is -1.67. The molecule has 0 amide bonds. The Labute approximate surface area is 117 Å². The second kappa shape index (κ2) is 5.98. The Morgan fingerprint density at radius 2 is 1.89 bits per heavy atom. The normalized spacial score (nSPS) is 12.2. The molecule has 1 nitrogen and oxygen atoms in total. The first-order valence-electron chi connectivity index (χ1n) is 6.06. The molecular weight excluding hydrogens is 263 g/mol. The van der Waals surface area contributed by atoms with Gasteiger partial charge in [-0.2, -0.15) is 0 Å². The first-order valence-corrected chi connectivity index (χ1v) is 6.44. The number of halogens is 2. The number of carbonyl (C=O) groups excluding carboxylic acids is 1. The van der Waals surface area contributed by atoms with E-state index in [0.29, 0.717) is 6.42 Å². The van der Waals surface area contributed by atoms with E-state index in [4.69, 9.17) is 11.6 Å². The fraction of sp³-hybridized carbons (Fsp3) is 0.188. The highest BCUT2D eigenvalue weighted by molar-refractivity contribution is 6.64. The third-order valence-electron chi connectivity index (χ3n) is 3.07. The van der Waals surface area contributed by atoms with E-state index in [2.05, 4.69) is 0 Å². The molecular formula is C16H14ClFO. The molecule has 0 spiro atoms. The summed E-state index contributed by atoms with van der Waals surface area (Å²) < 4.78 is 12.9. The molecule has 19 heavy (non-hydrogen) atoms. The Bertz CT molecular complexity index is 578. The molecule has 0 heterocycles. The molecule has 0 N–H and O–H groups in total. The topological polar surface area (TPSA) is 17.1 Å². The molecule has 0 bridgehead atoms. The van der Waals surface area contributed by atoms with Crippen molar-refractivity contribution in [1.29, 1.82) is 0 Å². The molecule has 0 aliphatic rings. The van der Waals surface area contributed by atoms with Gasteiger partial charge in [0.15, 0.2) is 0 Å². The van der Waals surface area contributed by atoms with Crippen molar-refractivity contribution in [3.63, 3.8) is 0 Å². The van der Waals surface area contributed by atoms with Crippen LogP contribution in [0, 0.1) is 12.7 Å². The van der Waals surface area contributed by atoms with Crippen molar-refractivity contribution in [2.45, 2.75) is 19.3 Å². The van der Waals surface area contributed by atoms with Crippen LogP contribution in [-0.2, 0) is 11.2 Å². The van der Waals surface area contributed by atoms with Crippen LogP contribution in [0.4, 0.5) is 4.39 Å². The monoisotopic (exact) mass is 276 g/mol. The smallest absolute Gasteiger partial charge is 0.229 e. The standard InChI is InChI=1S/C16H14ClFO/c1-11-3-2-4-13(9-11)15(16(17)19)10-12-5-7-14(18)8-6-12/h2-9,15H,10H2,1H3. The van der Waals surface area contributed by atoms with E-state index in [1.165, 1.54) is 12.1 Å². The molecule has 2 rings (SSSR count). The lowest BCUT2D eigenvalue weighted by Gasteiger charge is -2.13. The van der Waals surface area contributed by atoms with Crippen molar-refractivity contribution in [1.82, 2.24) is 0 Å². The molecule has 0 radical (unpaired) electrons. The van der Waals surface area contributed by atoms with Gasteiger partial charge in [-0.05, 0) is 48.2 Å². The predicted molar refractivity (Wildman–Crippen MR) is 74.9 cm³/mol. The number of hydrogen-bond acceptors (Lipinski definition) is 1. The third kappa shape index (κ3) is 3.65. The predicted octanol–water partition coefficient (Wildman–Crippen LogP) is 4.23. The van der Waals surface area contributed by atoms with Gasteiger partial charge < -0.3 is 0 Å². The Kier molecular flexibility index (Phi) is 4.33. The minimum atomic E-state index is -0.396. The van der Waals surface area contributed by atoms with Gasteiger partial charge >= 0.3 is 0 Å². The van der Waals surface area contributed by atoms with Gasteiger partial charge in [0.1, 0.15) is 5.82 Å². The van der Waals surface area contributed by atoms with E-state index in [1.54, 1.807) is 12.1 Å². The molecule has 1 atom stereocenters. The van der Waals surface area contributed by atoms with Crippen LogP contribution in [0.5, 0.6) is 0 Å². The van der Waals surface area contributed by atoms with Crippen LogP contribution in [0.1, 0.15) is 22.6 Å². The van der Waals surface area contributed by atoms with Crippen LogP contribution >= 0.6 is 11.6 Å². The van der Waals surface area contributed by atoms with Gasteiger partial charge in [0.25, 0.3) is 0 Å². The molecule has 0 aliphatic heterocycles. The minimum absolute atomic E-state index is 0.284. The number of aryl methyl sites for hydroxylation is 1. The Morgan fingerprint density at radius 1 is 1.21 bits per heavy atom. The summed E-state index contributed by atoms with van der Waals surface area (Å²) in [5.41, 5.74) is 2.87. The highest BCUT2D eigenvalue weighted by Gasteiger charge is 2.19. The van der Waals surface area contributed by atoms with E-state index in [-0.39, 0.29) is 5.82 Å². The minimum Gasteiger partial charge on any atom is -0.281 e. The van der Waals surface area contributed by atoms with Crippen molar-refractivity contribution in [3.8, 4) is 0 Å². The van der Waals surface area contributed by atoms with Gasteiger partial charge in [-0.15, -0.1) is 0 Å². The number of hydrogen-bond donors (Lipinski definition) is 0. The summed E-state index contributed by atoms with van der Waals surface area (Å²) >= 11 is 5.70. The van der Waals surface area contributed by atoms with Crippen LogP contribution in [0.15, 0.2) is 48.5 Å². The lowest BCUT2D eigenvalue weighted by atomic mass is 9.92. The van der Waals surface area contributed by atoms with Gasteiger partial charge in [-0.1, -0.05) is 42.0 Å². The molecule has 0 aromatic heterocycles. The fourth-order valence-electron chi connectivity index (χ4n) is 2.07.